The molecule has 3 heterocycles. The minimum atomic E-state index is -0.870. The summed E-state index contributed by atoms with van der Waals surface area (Å²) in [5, 5.41) is 12.3. The summed E-state index contributed by atoms with van der Waals surface area (Å²) < 4.78 is 11.3. The lowest BCUT2D eigenvalue weighted by Crippen LogP contribution is -2.42. The Morgan fingerprint density at radius 2 is 1.83 bits per heavy atom. The van der Waals surface area contributed by atoms with Crippen molar-refractivity contribution < 1.29 is 19.1 Å². The monoisotopic (exact) mass is 474 g/mol. The van der Waals surface area contributed by atoms with Gasteiger partial charge in [-0.1, -0.05) is 36.4 Å². The highest BCUT2D eigenvalue weighted by Gasteiger charge is 2.34. The number of ether oxygens (including phenoxy) is 1. The molecule has 2 fully saturated rings. The molecule has 2 aliphatic heterocycles. The molecular weight excluding hydrogens is 440 g/mol. The number of amides is 1. The first-order valence-corrected chi connectivity index (χ1v) is 12.6. The Hall–Kier alpha value is -3.09. The molecule has 2 aromatic carbocycles. The van der Waals surface area contributed by atoms with Gasteiger partial charge in [-0.05, 0) is 61.9 Å². The lowest BCUT2D eigenvalue weighted by Gasteiger charge is -2.38. The van der Waals surface area contributed by atoms with Gasteiger partial charge in [-0.15, -0.1) is 0 Å². The standard InChI is InChI=1S/C29H34N2O4/c1-34-25-10-4-3-8-22(25)9-7-15-30-18-13-29(33,14-19-30)24-11-12-26-23(20-24)21-27(35-26)28(32)31-16-5-2-6-17-31/h3-4,7-12,20-21,33H,2,5-6,13-19H2,1H3. The van der Waals surface area contributed by atoms with Gasteiger partial charge in [-0.25, -0.2) is 0 Å². The third kappa shape index (κ3) is 5.14. The zero-order chi connectivity index (χ0) is 24.3. The highest BCUT2D eigenvalue weighted by Crippen LogP contribution is 2.35. The number of fused-ring (bicyclic) bond motifs is 1. The van der Waals surface area contributed by atoms with E-state index < -0.39 is 5.60 Å². The third-order valence-electron chi connectivity index (χ3n) is 7.39. The van der Waals surface area contributed by atoms with E-state index >= 15 is 0 Å². The van der Waals surface area contributed by atoms with Gasteiger partial charge in [0.1, 0.15) is 11.3 Å². The van der Waals surface area contributed by atoms with Crippen LogP contribution in [0.25, 0.3) is 17.0 Å². The predicted molar refractivity (Wildman–Crippen MR) is 138 cm³/mol. The van der Waals surface area contributed by atoms with E-state index in [1.54, 1.807) is 7.11 Å². The van der Waals surface area contributed by atoms with Gasteiger partial charge in [-0.3, -0.25) is 9.69 Å². The lowest BCUT2D eigenvalue weighted by molar-refractivity contribution is -0.0232. The number of rotatable bonds is 6. The highest BCUT2D eigenvalue weighted by molar-refractivity contribution is 5.96. The van der Waals surface area contributed by atoms with Gasteiger partial charge < -0.3 is 19.2 Å². The molecule has 0 spiro atoms. The number of aliphatic hydroxyl groups is 1. The fourth-order valence-corrected chi connectivity index (χ4v) is 5.22. The second kappa shape index (κ2) is 10.3. The molecule has 1 N–H and O–H groups in total. The Bertz CT molecular complexity index is 1200. The summed E-state index contributed by atoms with van der Waals surface area (Å²) in [7, 11) is 1.69. The molecule has 0 saturated carbocycles. The molecule has 3 aromatic rings. The maximum atomic E-state index is 12.8. The number of hydrogen-bond acceptors (Lipinski definition) is 5. The van der Waals surface area contributed by atoms with Crippen molar-refractivity contribution in [1.29, 1.82) is 0 Å². The highest BCUT2D eigenvalue weighted by atomic mass is 16.5. The SMILES string of the molecule is COc1ccccc1C=CCN1CCC(O)(c2ccc3oc(C(=O)N4CCCCC4)cc3c2)CC1. The van der Waals surface area contributed by atoms with Crippen LogP contribution in [0, 0.1) is 0 Å². The quantitative estimate of drug-likeness (QED) is 0.541. The predicted octanol–water partition coefficient (Wildman–Crippen LogP) is 5.06. The van der Waals surface area contributed by atoms with Crippen molar-refractivity contribution in [3.63, 3.8) is 0 Å². The van der Waals surface area contributed by atoms with Crippen LogP contribution in [-0.4, -0.2) is 60.6 Å². The van der Waals surface area contributed by atoms with E-state index in [-0.39, 0.29) is 5.91 Å². The second-order valence-corrected chi connectivity index (χ2v) is 9.69. The number of hydrogen-bond donors (Lipinski definition) is 1. The normalized spacial score (nSPS) is 18.9. The van der Waals surface area contributed by atoms with Crippen molar-refractivity contribution in [2.24, 2.45) is 0 Å². The van der Waals surface area contributed by atoms with E-state index in [1.807, 2.05) is 53.4 Å². The van der Waals surface area contributed by atoms with Crippen LogP contribution in [0.1, 0.15) is 53.8 Å². The fourth-order valence-electron chi connectivity index (χ4n) is 5.22. The molecule has 1 aromatic heterocycles. The molecule has 1 amide bonds. The first-order chi connectivity index (χ1) is 17.1. The average Bonchev–Trinajstić information content (AvgIpc) is 3.34. The van der Waals surface area contributed by atoms with Gasteiger partial charge >= 0.3 is 0 Å². The number of methoxy groups -OCH3 is 1. The summed E-state index contributed by atoms with van der Waals surface area (Å²) in [5.41, 5.74) is 1.78. The van der Waals surface area contributed by atoms with Crippen molar-refractivity contribution in [2.75, 3.05) is 39.8 Å². The first kappa shape index (κ1) is 23.6. The molecule has 0 atom stereocenters. The number of piperidine rings is 2. The first-order valence-electron chi connectivity index (χ1n) is 12.6. The average molecular weight is 475 g/mol. The molecule has 2 aliphatic rings. The van der Waals surface area contributed by atoms with Crippen LogP contribution >= 0.6 is 0 Å². The Balaban J connectivity index is 1.22. The molecular formula is C29H34N2O4. The Morgan fingerprint density at radius 3 is 2.60 bits per heavy atom. The Morgan fingerprint density at radius 1 is 1.06 bits per heavy atom. The minimum absolute atomic E-state index is 0.0318. The summed E-state index contributed by atoms with van der Waals surface area (Å²) in [6.07, 6.45) is 8.86. The molecule has 184 valence electrons. The van der Waals surface area contributed by atoms with Crippen molar-refractivity contribution >= 4 is 23.0 Å². The second-order valence-electron chi connectivity index (χ2n) is 9.69. The van der Waals surface area contributed by atoms with Crippen LogP contribution in [0.4, 0.5) is 0 Å². The Labute approximate surface area is 206 Å². The smallest absolute Gasteiger partial charge is 0.289 e. The van der Waals surface area contributed by atoms with Crippen LogP contribution in [0.15, 0.2) is 59.0 Å². The molecule has 0 bridgehead atoms. The van der Waals surface area contributed by atoms with E-state index in [9.17, 15) is 9.90 Å². The molecule has 0 radical (unpaired) electrons. The van der Waals surface area contributed by atoms with Crippen LogP contribution in [0.5, 0.6) is 5.75 Å². The molecule has 0 aliphatic carbocycles. The van der Waals surface area contributed by atoms with Gasteiger partial charge in [0.25, 0.3) is 5.91 Å². The third-order valence-corrected chi connectivity index (χ3v) is 7.39. The molecule has 35 heavy (non-hydrogen) atoms. The Kier molecular flexibility index (Phi) is 6.93. The zero-order valence-electron chi connectivity index (χ0n) is 20.4. The molecule has 6 heteroatoms. The number of furan rings is 1. The van der Waals surface area contributed by atoms with E-state index in [1.165, 1.54) is 6.42 Å². The van der Waals surface area contributed by atoms with Crippen molar-refractivity contribution in [1.82, 2.24) is 9.80 Å². The zero-order valence-corrected chi connectivity index (χ0v) is 20.4. The van der Waals surface area contributed by atoms with Gasteiger partial charge in [0.2, 0.25) is 0 Å². The number of likely N-dealkylation sites (tertiary alicyclic amines) is 2. The summed E-state index contributed by atoms with van der Waals surface area (Å²) in [6.45, 7) is 4.05. The van der Waals surface area contributed by atoms with E-state index in [0.717, 1.165) is 67.8 Å². The van der Waals surface area contributed by atoms with Gasteiger partial charge in [0.05, 0.1) is 12.7 Å². The summed E-state index contributed by atoms with van der Waals surface area (Å²) in [6, 6.07) is 15.6. The topological polar surface area (TPSA) is 66.2 Å². The number of benzene rings is 2. The van der Waals surface area contributed by atoms with E-state index in [0.29, 0.717) is 24.2 Å². The molecule has 2 saturated heterocycles. The van der Waals surface area contributed by atoms with Crippen LogP contribution in [-0.2, 0) is 5.60 Å². The number of nitrogens with zero attached hydrogens (tertiary/aromatic N) is 2. The maximum absolute atomic E-state index is 12.8. The lowest BCUT2D eigenvalue weighted by atomic mass is 9.84. The van der Waals surface area contributed by atoms with Crippen molar-refractivity contribution in [3.05, 3.63) is 71.5 Å². The van der Waals surface area contributed by atoms with Gasteiger partial charge in [-0.2, -0.15) is 0 Å². The molecule has 0 unspecified atom stereocenters. The number of carbonyl (C=O) groups is 1. The van der Waals surface area contributed by atoms with Crippen LogP contribution < -0.4 is 4.74 Å². The summed E-state index contributed by atoms with van der Waals surface area (Å²) >= 11 is 0. The van der Waals surface area contributed by atoms with Crippen LogP contribution in [0.2, 0.25) is 0 Å². The molecule has 6 nitrogen and oxygen atoms in total. The van der Waals surface area contributed by atoms with Gasteiger partial charge in [0.15, 0.2) is 5.76 Å². The van der Waals surface area contributed by atoms with Crippen molar-refractivity contribution in [3.8, 4) is 5.75 Å². The van der Waals surface area contributed by atoms with E-state index in [2.05, 4.69) is 17.1 Å². The molecule has 5 rings (SSSR count). The van der Waals surface area contributed by atoms with Gasteiger partial charge in [0, 0.05) is 43.7 Å². The van der Waals surface area contributed by atoms with Crippen LogP contribution in [0.3, 0.4) is 0 Å². The minimum Gasteiger partial charge on any atom is -0.496 e. The largest absolute Gasteiger partial charge is 0.496 e. The number of para-hydroxylation sites is 1. The summed E-state index contributed by atoms with van der Waals surface area (Å²) in [5.74, 6) is 1.23. The van der Waals surface area contributed by atoms with Crippen molar-refractivity contribution in [2.45, 2.75) is 37.7 Å². The maximum Gasteiger partial charge on any atom is 0.289 e. The number of carbonyl (C=O) groups excluding carboxylic acids is 1. The van der Waals surface area contributed by atoms with E-state index in [4.69, 9.17) is 9.15 Å². The summed E-state index contributed by atoms with van der Waals surface area (Å²) in [4.78, 5) is 17.1. The fraction of sp³-hybridized carbons (Fsp3) is 0.414.